The molecule has 3 saturated heterocycles. The summed E-state index contributed by atoms with van der Waals surface area (Å²) in [5.74, 6) is 0. The van der Waals surface area contributed by atoms with Crippen LogP contribution in [0.1, 0.15) is 26.2 Å². The van der Waals surface area contributed by atoms with E-state index in [-0.39, 0.29) is 33.0 Å². The summed E-state index contributed by atoms with van der Waals surface area (Å²) in [4.78, 5) is 0. The first-order chi connectivity index (χ1) is 18.5. The second-order valence-electron chi connectivity index (χ2n) is 8.67. The van der Waals surface area contributed by atoms with Crippen molar-refractivity contribution in [1.82, 2.24) is 0 Å². The Hall–Kier alpha value is -0.520. The van der Waals surface area contributed by atoms with Crippen LogP contribution in [0, 0.1) is 0 Å². The van der Waals surface area contributed by atoms with Crippen molar-refractivity contribution in [2.45, 2.75) is 56.7 Å². The van der Waals surface area contributed by atoms with Gasteiger partial charge in [0.05, 0.1) is 78.8 Å². The van der Waals surface area contributed by atoms with E-state index in [1.54, 1.807) is 7.11 Å². The molecule has 5 atom stereocenters. The predicted molar refractivity (Wildman–Crippen MR) is 137 cm³/mol. The maximum absolute atomic E-state index is 8.90. The average Bonchev–Trinajstić information content (AvgIpc) is 3.79. The fourth-order valence-corrected chi connectivity index (χ4v) is 2.22. The molecule has 230 valence electrons. The van der Waals surface area contributed by atoms with Crippen LogP contribution < -0.4 is 0 Å². The molecule has 5 N–H and O–H groups in total. The lowest BCUT2D eigenvalue weighted by Gasteiger charge is -2.09. The van der Waals surface area contributed by atoms with Gasteiger partial charge in [0.2, 0.25) is 0 Å². The summed E-state index contributed by atoms with van der Waals surface area (Å²) in [5.41, 5.74) is 0. The van der Waals surface area contributed by atoms with Crippen LogP contribution >= 0.6 is 0 Å². The summed E-state index contributed by atoms with van der Waals surface area (Å²) in [6.45, 7) is 8.92. The SMILES string of the molecule is C(COCC1CO1)COCC1CO1.CCC1CO1.COCCO.OCC(O)COCCCOCC(O)CO. The molecule has 3 aliphatic rings. The zero-order valence-corrected chi connectivity index (χ0v) is 23.1. The van der Waals surface area contributed by atoms with Crippen molar-refractivity contribution in [3.63, 3.8) is 0 Å². The Morgan fingerprint density at radius 1 is 0.658 bits per heavy atom. The average molecular weight is 561 g/mol. The van der Waals surface area contributed by atoms with E-state index in [4.69, 9.17) is 58.7 Å². The number of epoxide rings is 3. The quantitative estimate of drug-likeness (QED) is 0.0829. The predicted octanol–water partition coefficient (Wildman–Crippen LogP) is -1.26. The van der Waals surface area contributed by atoms with Gasteiger partial charge >= 0.3 is 0 Å². The van der Waals surface area contributed by atoms with Gasteiger partial charge in [0, 0.05) is 33.5 Å². The van der Waals surface area contributed by atoms with Gasteiger partial charge in [0.25, 0.3) is 0 Å². The molecule has 0 bridgehead atoms. The van der Waals surface area contributed by atoms with Crippen molar-refractivity contribution < 1.29 is 63.4 Å². The third kappa shape index (κ3) is 31.7. The van der Waals surface area contributed by atoms with Gasteiger partial charge < -0.3 is 63.4 Å². The molecule has 3 fully saturated rings. The van der Waals surface area contributed by atoms with Crippen LogP contribution in [0.2, 0.25) is 0 Å². The molecule has 0 saturated carbocycles. The highest BCUT2D eigenvalue weighted by molar-refractivity contribution is 4.68. The minimum absolute atomic E-state index is 0.107. The van der Waals surface area contributed by atoms with Crippen molar-refractivity contribution in [2.24, 2.45) is 0 Å². The second-order valence-corrected chi connectivity index (χ2v) is 8.67. The van der Waals surface area contributed by atoms with E-state index >= 15 is 0 Å². The fourth-order valence-electron chi connectivity index (χ4n) is 2.22. The molecule has 5 unspecified atom stereocenters. The molecule has 0 radical (unpaired) electrons. The van der Waals surface area contributed by atoms with Gasteiger partial charge in [0.1, 0.15) is 24.4 Å². The minimum atomic E-state index is -0.831. The van der Waals surface area contributed by atoms with E-state index in [9.17, 15) is 0 Å². The molecule has 0 aromatic carbocycles. The highest BCUT2D eigenvalue weighted by atomic mass is 16.6. The van der Waals surface area contributed by atoms with Gasteiger partial charge in [-0.2, -0.15) is 0 Å². The number of methoxy groups -OCH3 is 1. The Morgan fingerprint density at radius 2 is 1.05 bits per heavy atom. The minimum Gasteiger partial charge on any atom is -0.394 e. The fraction of sp³-hybridized carbons (Fsp3) is 1.00. The third-order valence-corrected chi connectivity index (χ3v) is 4.76. The number of hydrogen-bond acceptors (Lipinski definition) is 13. The Kier molecular flexibility index (Phi) is 27.6. The molecule has 13 nitrogen and oxygen atoms in total. The lowest BCUT2D eigenvalue weighted by molar-refractivity contribution is -0.0149. The normalized spacial score (nSPS) is 22.0. The number of hydrogen-bond donors (Lipinski definition) is 5. The highest BCUT2D eigenvalue weighted by Crippen LogP contribution is 2.11. The number of aliphatic hydroxyl groups excluding tert-OH is 5. The van der Waals surface area contributed by atoms with E-state index in [0.717, 1.165) is 52.7 Å². The molecule has 0 aromatic rings. The summed E-state index contributed by atoms with van der Waals surface area (Å²) in [6, 6.07) is 0. The molecule has 3 heterocycles. The largest absolute Gasteiger partial charge is 0.394 e. The Labute approximate surface area is 226 Å². The summed E-state index contributed by atoms with van der Waals surface area (Å²) in [7, 11) is 1.55. The lowest BCUT2D eigenvalue weighted by Crippen LogP contribution is -2.21. The molecule has 3 aliphatic heterocycles. The second kappa shape index (κ2) is 28.0. The Balaban J connectivity index is 0.000000533. The van der Waals surface area contributed by atoms with Crippen molar-refractivity contribution >= 4 is 0 Å². The topological polar surface area (TPSA) is 185 Å². The van der Waals surface area contributed by atoms with E-state index in [0.29, 0.717) is 44.6 Å². The van der Waals surface area contributed by atoms with Crippen LogP contribution in [0.3, 0.4) is 0 Å². The molecule has 0 spiro atoms. The number of aliphatic hydroxyl groups is 5. The van der Waals surface area contributed by atoms with Crippen LogP contribution in [0.25, 0.3) is 0 Å². The van der Waals surface area contributed by atoms with Gasteiger partial charge in [0.15, 0.2) is 0 Å². The first-order valence-corrected chi connectivity index (χ1v) is 13.3. The van der Waals surface area contributed by atoms with E-state index in [1.165, 1.54) is 6.42 Å². The first-order valence-electron chi connectivity index (χ1n) is 13.3. The lowest BCUT2D eigenvalue weighted by atomic mass is 10.4. The van der Waals surface area contributed by atoms with Crippen molar-refractivity contribution in [1.29, 1.82) is 0 Å². The Bertz CT molecular complexity index is 431. The van der Waals surface area contributed by atoms with Gasteiger partial charge in [-0.1, -0.05) is 6.92 Å². The standard InChI is InChI=1S/C9H20O6.C9H16O4.C4H8O.C3H8O2/c10-4-8(12)6-14-2-1-3-15-7-9(13)5-11;1(2-10-4-8-6-12-8)3-11-5-9-7-13-9;1-2-4-3-5-4;1-5-3-2-4/h8-13H,1-7H2;8-9H,1-7H2;2*4H,2-3H2,1H3. The number of rotatable bonds is 21. The smallest absolute Gasteiger partial charge is 0.104 e. The monoisotopic (exact) mass is 560 g/mol. The van der Waals surface area contributed by atoms with E-state index in [1.807, 2.05) is 0 Å². The molecule has 38 heavy (non-hydrogen) atoms. The van der Waals surface area contributed by atoms with E-state index < -0.39 is 12.2 Å². The maximum atomic E-state index is 8.90. The maximum Gasteiger partial charge on any atom is 0.104 e. The highest BCUT2D eigenvalue weighted by Gasteiger charge is 2.23. The Morgan fingerprint density at radius 3 is 1.29 bits per heavy atom. The van der Waals surface area contributed by atoms with Crippen LogP contribution in [0.15, 0.2) is 0 Å². The first kappa shape index (κ1) is 37.5. The summed E-state index contributed by atoms with van der Waals surface area (Å²) >= 11 is 0. The third-order valence-electron chi connectivity index (χ3n) is 4.76. The van der Waals surface area contributed by atoms with Crippen LogP contribution in [0.4, 0.5) is 0 Å². The zero-order chi connectivity index (χ0) is 28.3. The summed E-state index contributed by atoms with van der Waals surface area (Å²) in [5, 5.41) is 42.7. The summed E-state index contributed by atoms with van der Waals surface area (Å²) in [6.07, 6.45) is 2.51. The molecular formula is C25H52O13. The molecular weight excluding hydrogens is 508 g/mol. The van der Waals surface area contributed by atoms with Gasteiger partial charge in [-0.3, -0.25) is 0 Å². The van der Waals surface area contributed by atoms with Crippen LogP contribution in [-0.2, 0) is 37.9 Å². The van der Waals surface area contributed by atoms with Crippen LogP contribution in [-0.4, -0.2) is 162 Å². The molecule has 0 aliphatic carbocycles. The van der Waals surface area contributed by atoms with Gasteiger partial charge in [-0.25, -0.2) is 0 Å². The van der Waals surface area contributed by atoms with E-state index in [2.05, 4.69) is 11.7 Å². The van der Waals surface area contributed by atoms with Gasteiger partial charge in [-0.15, -0.1) is 0 Å². The zero-order valence-electron chi connectivity index (χ0n) is 23.1. The molecule has 3 rings (SSSR count). The van der Waals surface area contributed by atoms with Crippen molar-refractivity contribution in [3.8, 4) is 0 Å². The van der Waals surface area contributed by atoms with Crippen molar-refractivity contribution in [2.75, 3.05) is 106 Å². The molecule has 13 heteroatoms. The van der Waals surface area contributed by atoms with Crippen molar-refractivity contribution in [3.05, 3.63) is 0 Å². The molecule has 0 amide bonds. The summed E-state index contributed by atoms with van der Waals surface area (Å²) < 4.78 is 40.0. The molecule has 0 aromatic heterocycles. The van der Waals surface area contributed by atoms with Gasteiger partial charge in [-0.05, 0) is 19.3 Å². The van der Waals surface area contributed by atoms with Crippen LogP contribution in [0.5, 0.6) is 0 Å². The number of ether oxygens (including phenoxy) is 8.